The Kier molecular flexibility index (Phi) is 6.26. The van der Waals surface area contributed by atoms with Gasteiger partial charge in [-0.3, -0.25) is 9.69 Å². The number of nitrogens with zero attached hydrogens (tertiary/aromatic N) is 1. The van der Waals surface area contributed by atoms with E-state index in [1.807, 2.05) is 55.3 Å². The second-order valence-electron chi connectivity index (χ2n) is 6.65. The topological polar surface area (TPSA) is 69.3 Å². The number of fused-ring (bicyclic) bond motifs is 1. The highest BCUT2D eigenvalue weighted by Gasteiger charge is 2.20. The standard InChI is InChI=1S/C21H26N2O5/c1-14(23(2)12-16-6-5-7-18(25-3)20(16)26-4)21(24)22-11-15-8-9-17-19(10-15)28-13-27-17/h5-10,14H,11-13H2,1-4H3,(H,22,24). The molecule has 0 aromatic heterocycles. The van der Waals surface area contributed by atoms with Crippen molar-refractivity contribution in [2.24, 2.45) is 0 Å². The summed E-state index contributed by atoms with van der Waals surface area (Å²) >= 11 is 0. The summed E-state index contributed by atoms with van der Waals surface area (Å²) in [7, 11) is 5.13. The minimum absolute atomic E-state index is 0.0537. The van der Waals surface area contributed by atoms with Crippen LogP contribution >= 0.6 is 0 Å². The van der Waals surface area contributed by atoms with Gasteiger partial charge in [-0.15, -0.1) is 0 Å². The van der Waals surface area contributed by atoms with Crippen LogP contribution in [-0.4, -0.2) is 44.9 Å². The number of methoxy groups -OCH3 is 2. The van der Waals surface area contributed by atoms with Gasteiger partial charge in [0.25, 0.3) is 0 Å². The molecule has 28 heavy (non-hydrogen) atoms. The number of benzene rings is 2. The summed E-state index contributed by atoms with van der Waals surface area (Å²) in [6, 6.07) is 11.1. The van der Waals surface area contributed by atoms with E-state index in [1.54, 1.807) is 14.2 Å². The fourth-order valence-corrected chi connectivity index (χ4v) is 3.07. The van der Waals surface area contributed by atoms with Gasteiger partial charge in [-0.1, -0.05) is 18.2 Å². The molecule has 0 saturated carbocycles. The van der Waals surface area contributed by atoms with Crippen molar-refractivity contribution in [2.45, 2.75) is 26.1 Å². The molecule has 7 nitrogen and oxygen atoms in total. The monoisotopic (exact) mass is 386 g/mol. The Bertz CT molecular complexity index is 840. The summed E-state index contributed by atoms with van der Waals surface area (Å²) in [5.41, 5.74) is 1.92. The van der Waals surface area contributed by atoms with Crippen LogP contribution in [0.15, 0.2) is 36.4 Å². The van der Waals surface area contributed by atoms with Crippen molar-refractivity contribution in [2.75, 3.05) is 28.1 Å². The number of carbonyl (C=O) groups excluding carboxylic acids is 1. The molecule has 1 unspecified atom stereocenters. The van der Waals surface area contributed by atoms with Crippen molar-refractivity contribution < 1.29 is 23.7 Å². The third kappa shape index (κ3) is 4.31. The first-order valence-electron chi connectivity index (χ1n) is 9.09. The van der Waals surface area contributed by atoms with E-state index < -0.39 is 0 Å². The van der Waals surface area contributed by atoms with Crippen LogP contribution in [0.25, 0.3) is 0 Å². The van der Waals surface area contributed by atoms with E-state index in [1.165, 1.54) is 0 Å². The molecular weight excluding hydrogens is 360 g/mol. The molecule has 0 aliphatic carbocycles. The largest absolute Gasteiger partial charge is 0.493 e. The third-order valence-electron chi connectivity index (χ3n) is 4.85. The van der Waals surface area contributed by atoms with Gasteiger partial charge in [-0.05, 0) is 37.7 Å². The van der Waals surface area contributed by atoms with Crippen LogP contribution in [0.1, 0.15) is 18.1 Å². The van der Waals surface area contributed by atoms with Gasteiger partial charge in [0.2, 0.25) is 12.7 Å². The van der Waals surface area contributed by atoms with Gasteiger partial charge in [-0.2, -0.15) is 0 Å². The highest BCUT2D eigenvalue weighted by atomic mass is 16.7. The van der Waals surface area contributed by atoms with Gasteiger partial charge < -0.3 is 24.3 Å². The van der Waals surface area contributed by atoms with Crippen LogP contribution in [0.2, 0.25) is 0 Å². The first-order valence-corrected chi connectivity index (χ1v) is 9.09. The molecule has 2 aromatic rings. The van der Waals surface area contributed by atoms with Crippen molar-refractivity contribution in [3.05, 3.63) is 47.5 Å². The van der Waals surface area contributed by atoms with Gasteiger partial charge in [0.05, 0.1) is 20.3 Å². The fraction of sp³-hybridized carbons (Fsp3) is 0.381. The van der Waals surface area contributed by atoms with E-state index in [0.717, 1.165) is 16.9 Å². The lowest BCUT2D eigenvalue weighted by Gasteiger charge is -2.25. The Labute approximate surface area is 165 Å². The Morgan fingerprint density at radius 1 is 1.18 bits per heavy atom. The molecule has 0 spiro atoms. The van der Waals surface area contributed by atoms with E-state index >= 15 is 0 Å². The molecule has 1 heterocycles. The van der Waals surface area contributed by atoms with Crippen LogP contribution in [-0.2, 0) is 17.9 Å². The zero-order chi connectivity index (χ0) is 20.1. The van der Waals surface area contributed by atoms with Crippen LogP contribution < -0.4 is 24.3 Å². The predicted molar refractivity (Wildman–Crippen MR) is 105 cm³/mol. The minimum atomic E-state index is -0.315. The molecule has 0 saturated heterocycles. The van der Waals surface area contributed by atoms with Crippen LogP contribution in [0.3, 0.4) is 0 Å². The molecule has 1 amide bonds. The number of rotatable bonds is 8. The van der Waals surface area contributed by atoms with Crippen molar-refractivity contribution in [1.29, 1.82) is 0 Å². The number of likely N-dealkylation sites (N-methyl/N-ethyl adjacent to an activating group) is 1. The van der Waals surface area contributed by atoms with Gasteiger partial charge in [-0.25, -0.2) is 0 Å². The average molecular weight is 386 g/mol. The summed E-state index contributed by atoms with van der Waals surface area (Å²) in [4.78, 5) is 14.6. The van der Waals surface area contributed by atoms with E-state index in [-0.39, 0.29) is 18.7 Å². The van der Waals surface area contributed by atoms with E-state index in [2.05, 4.69) is 5.32 Å². The van der Waals surface area contributed by atoms with Gasteiger partial charge >= 0.3 is 0 Å². The second-order valence-corrected chi connectivity index (χ2v) is 6.65. The molecule has 1 N–H and O–H groups in total. The smallest absolute Gasteiger partial charge is 0.237 e. The number of para-hydroxylation sites is 1. The Balaban J connectivity index is 1.58. The summed E-state index contributed by atoms with van der Waals surface area (Å²) in [5.74, 6) is 2.75. The first kappa shape index (κ1) is 19.8. The summed E-state index contributed by atoms with van der Waals surface area (Å²) in [6.45, 7) is 3.09. The molecule has 1 aliphatic heterocycles. The number of carbonyl (C=O) groups is 1. The van der Waals surface area contributed by atoms with Gasteiger partial charge in [0.15, 0.2) is 23.0 Å². The Morgan fingerprint density at radius 2 is 1.96 bits per heavy atom. The maximum absolute atomic E-state index is 12.6. The maximum atomic E-state index is 12.6. The molecule has 0 fully saturated rings. The van der Waals surface area contributed by atoms with Gasteiger partial charge in [0, 0.05) is 18.7 Å². The molecule has 7 heteroatoms. The molecule has 1 aliphatic rings. The molecule has 3 rings (SSSR count). The zero-order valence-corrected chi connectivity index (χ0v) is 16.7. The van der Waals surface area contributed by atoms with E-state index in [4.69, 9.17) is 18.9 Å². The molecule has 150 valence electrons. The van der Waals surface area contributed by atoms with Crippen molar-refractivity contribution in [3.8, 4) is 23.0 Å². The lowest BCUT2D eigenvalue weighted by atomic mass is 10.1. The minimum Gasteiger partial charge on any atom is -0.493 e. The maximum Gasteiger partial charge on any atom is 0.237 e. The second kappa shape index (κ2) is 8.84. The predicted octanol–water partition coefficient (Wildman–Crippen LogP) is 2.57. The summed E-state index contributed by atoms with van der Waals surface area (Å²) in [5, 5.41) is 2.97. The van der Waals surface area contributed by atoms with Crippen LogP contribution in [0.4, 0.5) is 0 Å². The highest BCUT2D eigenvalue weighted by molar-refractivity contribution is 5.81. The summed E-state index contributed by atoms with van der Waals surface area (Å²) in [6.07, 6.45) is 0. The molecule has 0 bridgehead atoms. The third-order valence-corrected chi connectivity index (χ3v) is 4.85. The van der Waals surface area contributed by atoms with Gasteiger partial charge in [0.1, 0.15) is 0 Å². The highest BCUT2D eigenvalue weighted by Crippen LogP contribution is 2.33. The molecule has 2 aromatic carbocycles. The van der Waals surface area contributed by atoms with Crippen LogP contribution in [0.5, 0.6) is 23.0 Å². The number of amides is 1. The average Bonchev–Trinajstić information content (AvgIpc) is 3.18. The lowest BCUT2D eigenvalue weighted by molar-refractivity contribution is -0.125. The number of nitrogens with one attached hydrogen (secondary N) is 1. The molecule has 0 radical (unpaired) electrons. The van der Waals surface area contributed by atoms with Crippen molar-refractivity contribution in [1.82, 2.24) is 10.2 Å². The number of ether oxygens (including phenoxy) is 4. The van der Waals surface area contributed by atoms with E-state index in [9.17, 15) is 4.79 Å². The normalized spacial score (nSPS) is 13.3. The van der Waals surface area contributed by atoms with Crippen molar-refractivity contribution in [3.63, 3.8) is 0 Å². The fourth-order valence-electron chi connectivity index (χ4n) is 3.07. The lowest BCUT2D eigenvalue weighted by Crippen LogP contribution is -2.42. The first-order chi connectivity index (χ1) is 13.5. The summed E-state index contributed by atoms with van der Waals surface area (Å²) < 4.78 is 21.5. The number of hydrogen-bond acceptors (Lipinski definition) is 6. The Hall–Kier alpha value is -2.93. The zero-order valence-electron chi connectivity index (χ0n) is 16.7. The van der Waals surface area contributed by atoms with E-state index in [0.29, 0.717) is 30.3 Å². The Morgan fingerprint density at radius 3 is 2.71 bits per heavy atom. The molecular formula is C21H26N2O5. The molecule has 1 atom stereocenters. The van der Waals surface area contributed by atoms with Crippen molar-refractivity contribution >= 4 is 5.91 Å². The number of hydrogen-bond donors (Lipinski definition) is 1. The quantitative estimate of drug-likeness (QED) is 0.752. The van der Waals surface area contributed by atoms with Crippen LogP contribution in [0, 0.1) is 0 Å². The SMILES string of the molecule is COc1cccc(CN(C)C(C)C(=O)NCc2ccc3c(c2)OCO3)c1OC.